The van der Waals surface area contributed by atoms with Crippen LogP contribution in [0.4, 0.5) is 0 Å². The molecule has 1 unspecified atom stereocenters. The first-order valence-corrected chi connectivity index (χ1v) is 8.03. The quantitative estimate of drug-likeness (QED) is 0.875. The molecule has 1 aliphatic rings. The number of piperidine rings is 1. The van der Waals surface area contributed by atoms with Gasteiger partial charge in [0.05, 0.1) is 11.7 Å². The van der Waals surface area contributed by atoms with Gasteiger partial charge in [0.15, 0.2) is 0 Å². The maximum absolute atomic E-state index is 11.6. The number of likely N-dealkylation sites (tertiary alicyclic amines) is 1. The van der Waals surface area contributed by atoms with Crippen LogP contribution in [0.5, 0.6) is 0 Å². The largest absolute Gasteiger partial charge is 0.480 e. The Morgan fingerprint density at radius 3 is 2.76 bits per heavy atom. The molecule has 118 valence electrons. The Morgan fingerprint density at radius 1 is 1.43 bits per heavy atom. The maximum atomic E-state index is 11.6. The van der Waals surface area contributed by atoms with Crippen molar-refractivity contribution in [2.75, 3.05) is 6.54 Å². The highest BCUT2D eigenvalue weighted by molar-refractivity contribution is 5.78. The van der Waals surface area contributed by atoms with E-state index in [0.717, 1.165) is 44.3 Å². The SMILES string of the molecule is CCC(CC)n1ccc(CN2CCCCC2(C)C(=O)O)n1. The van der Waals surface area contributed by atoms with Crippen LogP contribution in [0.3, 0.4) is 0 Å². The maximum Gasteiger partial charge on any atom is 0.323 e. The molecule has 5 nitrogen and oxygen atoms in total. The smallest absolute Gasteiger partial charge is 0.323 e. The second kappa shape index (κ2) is 6.60. The topological polar surface area (TPSA) is 58.4 Å². The Hall–Kier alpha value is -1.36. The second-order valence-corrected chi connectivity index (χ2v) is 6.22. The lowest BCUT2D eigenvalue weighted by Crippen LogP contribution is -2.54. The summed E-state index contributed by atoms with van der Waals surface area (Å²) in [6.45, 7) is 7.63. The van der Waals surface area contributed by atoms with Gasteiger partial charge in [-0.15, -0.1) is 0 Å². The molecule has 1 atom stereocenters. The summed E-state index contributed by atoms with van der Waals surface area (Å²) >= 11 is 0. The summed E-state index contributed by atoms with van der Waals surface area (Å²) in [6.07, 6.45) is 6.92. The van der Waals surface area contributed by atoms with Gasteiger partial charge in [0.2, 0.25) is 0 Å². The van der Waals surface area contributed by atoms with Crippen LogP contribution < -0.4 is 0 Å². The van der Waals surface area contributed by atoms with E-state index in [1.165, 1.54) is 0 Å². The monoisotopic (exact) mass is 293 g/mol. The summed E-state index contributed by atoms with van der Waals surface area (Å²) < 4.78 is 2.03. The van der Waals surface area contributed by atoms with Crippen molar-refractivity contribution in [3.05, 3.63) is 18.0 Å². The highest BCUT2D eigenvalue weighted by atomic mass is 16.4. The average Bonchev–Trinajstić information content (AvgIpc) is 2.91. The predicted molar refractivity (Wildman–Crippen MR) is 82.1 cm³/mol. The van der Waals surface area contributed by atoms with Crippen molar-refractivity contribution in [1.82, 2.24) is 14.7 Å². The van der Waals surface area contributed by atoms with Crippen LogP contribution in [0, 0.1) is 0 Å². The molecule has 1 aliphatic heterocycles. The van der Waals surface area contributed by atoms with Gasteiger partial charge in [-0.2, -0.15) is 5.10 Å². The predicted octanol–water partition coefficient (Wildman–Crippen LogP) is 3.07. The van der Waals surface area contributed by atoms with Crippen molar-refractivity contribution in [2.45, 2.75) is 71.0 Å². The molecular weight excluding hydrogens is 266 g/mol. The first kappa shape index (κ1) is 16.0. The van der Waals surface area contributed by atoms with E-state index in [1.54, 1.807) is 0 Å². The molecule has 1 N–H and O–H groups in total. The number of nitrogens with zero attached hydrogens (tertiary/aromatic N) is 3. The van der Waals surface area contributed by atoms with E-state index in [9.17, 15) is 9.90 Å². The molecule has 0 radical (unpaired) electrons. The zero-order valence-corrected chi connectivity index (χ0v) is 13.4. The third-order valence-corrected chi connectivity index (χ3v) is 4.83. The minimum Gasteiger partial charge on any atom is -0.480 e. The molecule has 1 saturated heterocycles. The molecule has 2 heterocycles. The normalized spacial score (nSPS) is 23.6. The van der Waals surface area contributed by atoms with Gasteiger partial charge in [0.25, 0.3) is 0 Å². The molecule has 1 aromatic rings. The van der Waals surface area contributed by atoms with E-state index in [0.29, 0.717) is 12.6 Å². The number of carboxylic acids is 1. The van der Waals surface area contributed by atoms with Gasteiger partial charge in [-0.25, -0.2) is 0 Å². The van der Waals surface area contributed by atoms with Crippen LogP contribution in [0.25, 0.3) is 0 Å². The van der Waals surface area contributed by atoms with Gasteiger partial charge in [-0.1, -0.05) is 13.8 Å². The molecule has 5 heteroatoms. The third kappa shape index (κ3) is 3.28. The second-order valence-electron chi connectivity index (χ2n) is 6.22. The summed E-state index contributed by atoms with van der Waals surface area (Å²) in [5.74, 6) is -0.721. The van der Waals surface area contributed by atoms with Crippen LogP contribution in [-0.4, -0.2) is 37.8 Å². The standard InChI is InChI=1S/C16H27N3O2/c1-4-14(5-2)19-11-8-13(17-19)12-18-10-7-6-9-16(18,3)15(20)21/h8,11,14H,4-7,9-10,12H2,1-3H3,(H,20,21). The first-order chi connectivity index (χ1) is 10.0. The molecule has 0 amide bonds. The summed E-state index contributed by atoms with van der Waals surface area (Å²) in [7, 11) is 0. The highest BCUT2D eigenvalue weighted by Crippen LogP contribution is 2.29. The van der Waals surface area contributed by atoms with Gasteiger partial charge in [-0.05, 0) is 51.6 Å². The van der Waals surface area contributed by atoms with Crippen LogP contribution in [0.2, 0.25) is 0 Å². The molecule has 0 aromatic carbocycles. The van der Waals surface area contributed by atoms with Crippen LogP contribution in [-0.2, 0) is 11.3 Å². The van der Waals surface area contributed by atoms with Gasteiger partial charge in [0, 0.05) is 12.7 Å². The summed E-state index contributed by atoms with van der Waals surface area (Å²) in [5.41, 5.74) is 0.216. The summed E-state index contributed by atoms with van der Waals surface area (Å²) in [5, 5.41) is 14.2. The van der Waals surface area contributed by atoms with Gasteiger partial charge in [-0.3, -0.25) is 14.4 Å². The van der Waals surface area contributed by atoms with E-state index in [-0.39, 0.29) is 0 Å². The Labute approximate surface area is 126 Å². The number of hydrogen-bond donors (Lipinski definition) is 1. The molecule has 1 fully saturated rings. The fraction of sp³-hybridized carbons (Fsp3) is 0.750. The zero-order valence-electron chi connectivity index (χ0n) is 13.4. The average molecular weight is 293 g/mol. The van der Waals surface area contributed by atoms with E-state index in [4.69, 9.17) is 0 Å². The lowest BCUT2D eigenvalue weighted by atomic mass is 9.88. The van der Waals surface area contributed by atoms with Crippen molar-refractivity contribution < 1.29 is 9.90 Å². The third-order valence-electron chi connectivity index (χ3n) is 4.83. The number of aliphatic carboxylic acids is 1. The van der Waals surface area contributed by atoms with Crippen LogP contribution >= 0.6 is 0 Å². The highest BCUT2D eigenvalue weighted by Gasteiger charge is 2.41. The first-order valence-electron chi connectivity index (χ1n) is 8.03. The molecular formula is C16H27N3O2. The Balaban J connectivity index is 2.11. The lowest BCUT2D eigenvalue weighted by Gasteiger charge is -2.41. The van der Waals surface area contributed by atoms with E-state index in [1.807, 2.05) is 23.9 Å². The molecule has 0 saturated carbocycles. The minimum absolute atomic E-state index is 0.436. The van der Waals surface area contributed by atoms with Crippen molar-refractivity contribution in [1.29, 1.82) is 0 Å². The van der Waals surface area contributed by atoms with E-state index in [2.05, 4.69) is 23.8 Å². The van der Waals surface area contributed by atoms with E-state index >= 15 is 0 Å². The molecule has 21 heavy (non-hydrogen) atoms. The van der Waals surface area contributed by atoms with Crippen molar-refractivity contribution in [3.8, 4) is 0 Å². The number of aromatic nitrogens is 2. The van der Waals surface area contributed by atoms with Crippen LogP contribution in [0.15, 0.2) is 12.3 Å². The van der Waals surface area contributed by atoms with Crippen molar-refractivity contribution in [2.24, 2.45) is 0 Å². The van der Waals surface area contributed by atoms with Crippen LogP contribution in [0.1, 0.15) is 64.6 Å². The number of carbonyl (C=O) groups is 1. The Kier molecular flexibility index (Phi) is 5.04. The molecule has 0 bridgehead atoms. The molecule has 0 aliphatic carbocycles. The lowest BCUT2D eigenvalue weighted by molar-refractivity contribution is -0.153. The number of rotatable bonds is 6. The number of hydrogen-bond acceptors (Lipinski definition) is 3. The Morgan fingerprint density at radius 2 is 2.14 bits per heavy atom. The van der Waals surface area contributed by atoms with Crippen molar-refractivity contribution >= 4 is 5.97 Å². The Bertz CT molecular complexity index is 482. The fourth-order valence-corrected chi connectivity index (χ4v) is 3.20. The number of carboxylic acid groups (broad SMARTS) is 1. The molecule has 0 spiro atoms. The fourth-order valence-electron chi connectivity index (χ4n) is 3.20. The summed E-state index contributed by atoms with van der Waals surface area (Å²) in [6, 6.07) is 2.46. The van der Waals surface area contributed by atoms with Gasteiger partial charge < -0.3 is 5.11 Å². The molecule has 1 aromatic heterocycles. The van der Waals surface area contributed by atoms with Gasteiger partial charge >= 0.3 is 5.97 Å². The van der Waals surface area contributed by atoms with E-state index < -0.39 is 11.5 Å². The van der Waals surface area contributed by atoms with Crippen molar-refractivity contribution in [3.63, 3.8) is 0 Å². The summed E-state index contributed by atoms with van der Waals surface area (Å²) in [4.78, 5) is 13.7. The zero-order chi connectivity index (χ0) is 15.5. The minimum atomic E-state index is -0.753. The molecule has 2 rings (SSSR count). The van der Waals surface area contributed by atoms with Gasteiger partial charge in [0.1, 0.15) is 5.54 Å².